The molecule has 0 spiro atoms. The predicted molar refractivity (Wildman–Crippen MR) is 118 cm³/mol. The number of ether oxygens (including phenoxy) is 1. The molecule has 0 aliphatic carbocycles. The predicted octanol–water partition coefficient (Wildman–Crippen LogP) is 5.44. The van der Waals surface area contributed by atoms with E-state index in [0.29, 0.717) is 27.2 Å². The molecule has 4 aromatic rings. The number of fused-ring (bicyclic) bond motifs is 1. The second-order valence-corrected chi connectivity index (χ2v) is 7.23. The molecule has 1 heterocycles. The van der Waals surface area contributed by atoms with Crippen LogP contribution in [0.4, 0.5) is 5.69 Å². The Kier molecular flexibility index (Phi) is 5.55. The van der Waals surface area contributed by atoms with Crippen molar-refractivity contribution in [1.82, 2.24) is 0 Å². The van der Waals surface area contributed by atoms with Gasteiger partial charge in [-0.2, -0.15) is 0 Å². The van der Waals surface area contributed by atoms with Gasteiger partial charge in [0.05, 0.1) is 5.39 Å². The van der Waals surface area contributed by atoms with Gasteiger partial charge in [0.2, 0.25) is 11.2 Å². The fourth-order valence-electron chi connectivity index (χ4n) is 3.02. The Morgan fingerprint density at radius 3 is 2.43 bits per heavy atom. The summed E-state index contributed by atoms with van der Waals surface area (Å²) in [5, 5.41) is 3.67. The van der Waals surface area contributed by atoms with Gasteiger partial charge in [-0.1, -0.05) is 53.6 Å². The number of para-hydroxylation sites is 1. The zero-order valence-electron chi connectivity index (χ0n) is 16.1. The Morgan fingerprint density at radius 2 is 1.70 bits per heavy atom. The quantitative estimate of drug-likeness (QED) is 0.467. The summed E-state index contributed by atoms with van der Waals surface area (Å²) < 4.78 is 11.7. The van der Waals surface area contributed by atoms with Gasteiger partial charge in [-0.3, -0.25) is 9.59 Å². The van der Waals surface area contributed by atoms with Gasteiger partial charge in [-0.05, 0) is 43.3 Å². The highest BCUT2D eigenvalue weighted by Gasteiger charge is 2.18. The number of nitrogens with one attached hydrogen (secondary N) is 1. The van der Waals surface area contributed by atoms with Crippen molar-refractivity contribution in [1.29, 1.82) is 0 Å². The molecule has 0 bridgehead atoms. The van der Waals surface area contributed by atoms with Crippen LogP contribution < -0.4 is 15.5 Å². The molecule has 0 fully saturated rings. The third-order valence-electron chi connectivity index (χ3n) is 4.55. The average Bonchev–Trinajstić information content (AvgIpc) is 2.75. The van der Waals surface area contributed by atoms with Gasteiger partial charge in [-0.25, -0.2) is 0 Å². The number of aryl methyl sites for hydroxylation is 1. The van der Waals surface area contributed by atoms with Crippen molar-refractivity contribution in [3.05, 3.63) is 93.6 Å². The molecular weight excluding hydrogens is 402 g/mol. The van der Waals surface area contributed by atoms with Crippen molar-refractivity contribution in [3.8, 4) is 17.1 Å². The number of halogens is 1. The Balaban J connectivity index is 1.66. The number of hydrogen-bond donors (Lipinski definition) is 1. The van der Waals surface area contributed by atoms with Crippen molar-refractivity contribution >= 4 is 34.2 Å². The van der Waals surface area contributed by atoms with Crippen molar-refractivity contribution in [3.63, 3.8) is 0 Å². The topological polar surface area (TPSA) is 68.5 Å². The zero-order valence-corrected chi connectivity index (χ0v) is 16.9. The van der Waals surface area contributed by atoms with E-state index in [0.717, 1.165) is 5.56 Å². The summed E-state index contributed by atoms with van der Waals surface area (Å²) in [5.74, 6) is -0.110. The molecule has 0 aliphatic rings. The van der Waals surface area contributed by atoms with Crippen molar-refractivity contribution in [2.24, 2.45) is 0 Å². The summed E-state index contributed by atoms with van der Waals surface area (Å²) >= 11 is 5.86. The van der Waals surface area contributed by atoms with Crippen molar-refractivity contribution in [2.75, 3.05) is 11.9 Å². The highest BCUT2D eigenvalue weighted by Crippen LogP contribution is 2.31. The fourth-order valence-corrected chi connectivity index (χ4v) is 3.15. The molecule has 0 radical (unpaired) electrons. The lowest BCUT2D eigenvalue weighted by Gasteiger charge is -2.12. The molecule has 30 heavy (non-hydrogen) atoms. The van der Waals surface area contributed by atoms with Crippen LogP contribution in [0.5, 0.6) is 5.75 Å². The van der Waals surface area contributed by atoms with Crippen LogP contribution in [0.1, 0.15) is 5.56 Å². The normalized spacial score (nSPS) is 10.7. The third kappa shape index (κ3) is 4.21. The van der Waals surface area contributed by atoms with E-state index in [-0.39, 0.29) is 23.5 Å². The Morgan fingerprint density at radius 1 is 1.00 bits per heavy atom. The van der Waals surface area contributed by atoms with E-state index in [2.05, 4.69) is 5.32 Å². The number of amides is 1. The van der Waals surface area contributed by atoms with E-state index >= 15 is 0 Å². The standard InChI is InChI=1S/C24H18ClNO4/c1-15-6-8-16(9-7-15)23-24(22(28)19-4-2-3-5-20(19)30-23)29-14-21(27)26-18-12-10-17(25)11-13-18/h2-13H,14H2,1H3,(H,26,27). The molecule has 0 atom stereocenters. The van der Waals surface area contributed by atoms with Crippen LogP contribution in [0.25, 0.3) is 22.3 Å². The number of anilines is 1. The van der Waals surface area contributed by atoms with E-state index in [1.807, 2.05) is 31.2 Å². The molecule has 0 unspecified atom stereocenters. The molecule has 0 saturated heterocycles. The third-order valence-corrected chi connectivity index (χ3v) is 4.80. The number of carbonyl (C=O) groups excluding carboxylic acids is 1. The van der Waals surface area contributed by atoms with Crippen molar-refractivity contribution in [2.45, 2.75) is 6.92 Å². The van der Waals surface area contributed by atoms with E-state index in [1.54, 1.807) is 48.5 Å². The van der Waals surface area contributed by atoms with Crippen LogP contribution in [0, 0.1) is 6.92 Å². The van der Waals surface area contributed by atoms with Crippen molar-refractivity contribution < 1.29 is 13.9 Å². The maximum Gasteiger partial charge on any atom is 0.262 e. The van der Waals surface area contributed by atoms with Gasteiger partial charge in [0.15, 0.2) is 12.4 Å². The number of carbonyl (C=O) groups is 1. The van der Waals surface area contributed by atoms with Crippen LogP contribution in [0.3, 0.4) is 0 Å². The smallest absolute Gasteiger partial charge is 0.262 e. The highest BCUT2D eigenvalue weighted by molar-refractivity contribution is 6.30. The second-order valence-electron chi connectivity index (χ2n) is 6.80. The molecule has 1 amide bonds. The maximum absolute atomic E-state index is 13.1. The number of rotatable bonds is 5. The van der Waals surface area contributed by atoms with Crippen LogP contribution in [-0.2, 0) is 4.79 Å². The SMILES string of the molecule is Cc1ccc(-c2oc3ccccc3c(=O)c2OCC(=O)Nc2ccc(Cl)cc2)cc1. The van der Waals surface area contributed by atoms with Gasteiger partial charge in [0.1, 0.15) is 5.58 Å². The molecule has 0 aliphatic heterocycles. The van der Waals surface area contributed by atoms with Gasteiger partial charge >= 0.3 is 0 Å². The van der Waals surface area contributed by atoms with Crippen LogP contribution in [0.15, 0.2) is 82.0 Å². The lowest BCUT2D eigenvalue weighted by atomic mass is 10.1. The first-order valence-electron chi connectivity index (χ1n) is 9.32. The molecule has 0 saturated carbocycles. The monoisotopic (exact) mass is 419 g/mol. The van der Waals surface area contributed by atoms with Crippen LogP contribution in [0.2, 0.25) is 5.02 Å². The minimum absolute atomic E-state index is 0.00353. The second kappa shape index (κ2) is 8.43. The molecule has 150 valence electrons. The van der Waals surface area contributed by atoms with Crippen LogP contribution >= 0.6 is 11.6 Å². The largest absolute Gasteiger partial charge is 0.476 e. The number of hydrogen-bond acceptors (Lipinski definition) is 4. The number of benzene rings is 3. The fraction of sp³-hybridized carbons (Fsp3) is 0.0833. The first-order chi connectivity index (χ1) is 14.5. The minimum atomic E-state index is -0.403. The van der Waals surface area contributed by atoms with Crippen LogP contribution in [-0.4, -0.2) is 12.5 Å². The Labute approximate surface area is 177 Å². The van der Waals surface area contributed by atoms with E-state index in [1.165, 1.54) is 0 Å². The summed E-state index contributed by atoms with van der Waals surface area (Å²) in [5.41, 5.74) is 2.48. The van der Waals surface area contributed by atoms with Gasteiger partial charge in [-0.15, -0.1) is 0 Å². The molecule has 6 heteroatoms. The van der Waals surface area contributed by atoms with E-state index in [4.69, 9.17) is 20.8 Å². The first-order valence-corrected chi connectivity index (χ1v) is 9.70. The molecule has 5 nitrogen and oxygen atoms in total. The first kappa shape index (κ1) is 19.7. The zero-order chi connectivity index (χ0) is 21.1. The molecular formula is C24H18ClNO4. The Bertz CT molecular complexity index is 1260. The summed E-state index contributed by atoms with van der Waals surface area (Å²) in [7, 11) is 0. The lowest BCUT2D eigenvalue weighted by molar-refractivity contribution is -0.118. The summed E-state index contributed by atoms with van der Waals surface area (Å²) in [6, 6.07) is 21.2. The Hall–Kier alpha value is -3.57. The molecule has 3 aromatic carbocycles. The lowest BCUT2D eigenvalue weighted by Crippen LogP contribution is -2.22. The van der Waals surface area contributed by atoms with Gasteiger partial charge < -0.3 is 14.5 Å². The molecule has 1 aromatic heterocycles. The molecule has 4 rings (SSSR count). The van der Waals surface area contributed by atoms with E-state index < -0.39 is 5.91 Å². The summed E-state index contributed by atoms with van der Waals surface area (Å²) in [6.45, 7) is 1.63. The summed E-state index contributed by atoms with van der Waals surface area (Å²) in [4.78, 5) is 25.4. The maximum atomic E-state index is 13.1. The van der Waals surface area contributed by atoms with Gasteiger partial charge in [0.25, 0.3) is 5.91 Å². The average molecular weight is 420 g/mol. The van der Waals surface area contributed by atoms with Gasteiger partial charge in [0, 0.05) is 16.3 Å². The molecule has 1 N–H and O–H groups in total. The van der Waals surface area contributed by atoms with E-state index in [9.17, 15) is 9.59 Å². The highest BCUT2D eigenvalue weighted by atomic mass is 35.5. The summed E-state index contributed by atoms with van der Waals surface area (Å²) in [6.07, 6.45) is 0. The minimum Gasteiger partial charge on any atom is -0.476 e.